The Bertz CT molecular complexity index is 786. The summed E-state index contributed by atoms with van der Waals surface area (Å²) in [5.41, 5.74) is 2.34. The van der Waals surface area contributed by atoms with Crippen LogP contribution in [-0.4, -0.2) is 10.9 Å². The van der Waals surface area contributed by atoms with Crippen molar-refractivity contribution in [3.05, 3.63) is 69.9 Å². The zero-order valence-electron chi connectivity index (χ0n) is 10.5. The van der Waals surface area contributed by atoms with Crippen LogP contribution < -0.4 is 5.32 Å². The van der Waals surface area contributed by atoms with Crippen molar-refractivity contribution in [3.8, 4) is 0 Å². The van der Waals surface area contributed by atoms with E-state index in [2.05, 4.69) is 32.9 Å². The summed E-state index contributed by atoms with van der Waals surface area (Å²) in [4.78, 5) is 16.4. The molecule has 2 aromatic carbocycles. The van der Waals surface area contributed by atoms with Crippen molar-refractivity contribution in [2.75, 3.05) is 5.32 Å². The van der Waals surface area contributed by atoms with Gasteiger partial charge in [-0.05, 0) is 65.1 Å². The highest BCUT2D eigenvalue weighted by molar-refractivity contribution is 14.1. The highest BCUT2D eigenvalue weighted by Gasteiger charge is 2.06. The molecule has 98 valence electrons. The minimum atomic E-state index is -0.105. The molecule has 0 spiro atoms. The molecule has 20 heavy (non-hydrogen) atoms. The average molecular weight is 374 g/mol. The highest BCUT2D eigenvalue weighted by atomic mass is 127. The molecule has 0 aliphatic rings. The van der Waals surface area contributed by atoms with Gasteiger partial charge in [0.1, 0.15) is 0 Å². The zero-order valence-corrected chi connectivity index (χ0v) is 12.7. The maximum Gasteiger partial charge on any atom is 0.255 e. The van der Waals surface area contributed by atoms with E-state index >= 15 is 0 Å². The van der Waals surface area contributed by atoms with Gasteiger partial charge in [0.15, 0.2) is 0 Å². The smallest absolute Gasteiger partial charge is 0.255 e. The number of aromatic nitrogens is 1. The fraction of sp³-hybridized carbons (Fsp3) is 0. The summed E-state index contributed by atoms with van der Waals surface area (Å²) in [6.07, 6.45) is 1.76. The molecular formula is C16H11IN2O. The van der Waals surface area contributed by atoms with Crippen molar-refractivity contribution < 1.29 is 4.79 Å². The van der Waals surface area contributed by atoms with Gasteiger partial charge in [-0.25, -0.2) is 0 Å². The van der Waals surface area contributed by atoms with Crippen molar-refractivity contribution in [1.29, 1.82) is 0 Å². The monoisotopic (exact) mass is 374 g/mol. The quantitative estimate of drug-likeness (QED) is 0.687. The molecule has 0 bridgehead atoms. The number of hydrogen-bond donors (Lipinski definition) is 1. The van der Waals surface area contributed by atoms with Gasteiger partial charge in [0.25, 0.3) is 5.91 Å². The van der Waals surface area contributed by atoms with Crippen LogP contribution in [0.15, 0.2) is 60.8 Å². The van der Waals surface area contributed by atoms with Crippen molar-refractivity contribution in [2.24, 2.45) is 0 Å². The molecular weight excluding hydrogens is 363 g/mol. The molecule has 1 aromatic heterocycles. The zero-order chi connectivity index (χ0) is 13.9. The van der Waals surface area contributed by atoms with E-state index in [4.69, 9.17) is 0 Å². The molecule has 0 atom stereocenters. The number of amides is 1. The van der Waals surface area contributed by atoms with Gasteiger partial charge >= 0.3 is 0 Å². The van der Waals surface area contributed by atoms with Gasteiger partial charge in [0.05, 0.1) is 5.52 Å². The van der Waals surface area contributed by atoms with Gasteiger partial charge in [-0.15, -0.1) is 0 Å². The van der Waals surface area contributed by atoms with Crippen LogP contribution in [0, 0.1) is 3.57 Å². The minimum Gasteiger partial charge on any atom is -0.322 e. The first-order valence-corrected chi connectivity index (χ1v) is 7.22. The fourth-order valence-corrected chi connectivity index (χ4v) is 2.53. The Labute approximate surface area is 130 Å². The Kier molecular flexibility index (Phi) is 3.64. The Morgan fingerprint density at radius 2 is 1.95 bits per heavy atom. The number of carbonyl (C=O) groups excluding carboxylic acids is 1. The van der Waals surface area contributed by atoms with Gasteiger partial charge in [-0.1, -0.05) is 12.1 Å². The molecule has 1 amide bonds. The Morgan fingerprint density at radius 1 is 1.05 bits per heavy atom. The molecule has 4 heteroatoms. The third-order valence-corrected chi connectivity index (χ3v) is 3.62. The van der Waals surface area contributed by atoms with Crippen LogP contribution in [0.4, 0.5) is 5.69 Å². The van der Waals surface area contributed by atoms with Gasteiger partial charge < -0.3 is 5.32 Å². The van der Waals surface area contributed by atoms with Crippen molar-refractivity contribution in [2.45, 2.75) is 0 Å². The second-order valence-corrected chi connectivity index (χ2v) is 5.62. The molecule has 3 aromatic rings. The van der Waals surface area contributed by atoms with E-state index in [-0.39, 0.29) is 5.91 Å². The predicted octanol–water partition coefficient (Wildman–Crippen LogP) is 4.09. The lowest BCUT2D eigenvalue weighted by atomic mass is 10.2. The summed E-state index contributed by atoms with van der Waals surface area (Å²) in [6, 6.07) is 17.0. The van der Waals surface area contributed by atoms with Gasteiger partial charge in [0, 0.05) is 26.4 Å². The lowest BCUT2D eigenvalue weighted by Gasteiger charge is -2.06. The molecule has 1 heterocycles. The van der Waals surface area contributed by atoms with Crippen LogP contribution in [0.5, 0.6) is 0 Å². The number of nitrogens with one attached hydrogen (secondary N) is 1. The molecule has 0 aliphatic carbocycles. The summed E-state index contributed by atoms with van der Waals surface area (Å²) < 4.78 is 1.04. The van der Waals surface area contributed by atoms with E-state index in [1.54, 1.807) is 12.3 Å². The van der Waals surface area contributed by atoms with Crippen molar-refractivity contribution in [3.63, 3.8) is 0 Å². The number of pyridine rings is 1. The van der Waals surface area contributed by atoms with Gasteiger partial charge in [0.2, 0.25) is 0 Å². The van der Waals surface area contributed by atoms with E-state index in [9.17, 15) is 4.79 Å². The van der Waals surface area contributed by atoms with Crippen LogP contribution in [0.1, 0.15) is 10.4 Å². The number of nitrogens with zero attached hydrogens (tertiary/aromatic N) is 1. The van der Waals surface area contributed by atoms with Gasteiger partial charge in [-0.3, -0.25) is 9.78 Å². The first-order chi connectivity index (χ1) is 9.72. The van der Waals surface area contributed by atoms with Crippen LogP contribution in [0.25, 0.3) is 10.9 Å². The molecule has 0 aliphatic heterocycles. The molecule has 0 saturated heterocycles. The van der Waals surface area contributed by atoms with Crippen LogP contribution >= 0.6 is 22.6 Å². The molecule has 0 unspecified atom stereocenters. The largest absolute Gasteiger partial charge is 0.322 e. The maximum absolute atomic E-state index is 12.2. The third kappa shape index (κ3) is 2.80. The number of fused-ring (bicyclic) bond motifs is 1. The molecule has 0 saturated carbocycles. The SMILES string of the molecule is O=C(Nc1ccc2ncccc2c1)c1cccc(I)c1. The summed E-state index contributed by atoms with van der Waals surface area (Å²) in [7, 11) is 0. The Hall–Kier alpha value is -1.95. The lowest BCUT2D eigenvalue weighted by Crippen LogP contribution is -2.11. The maximum atomic E-state index is 12.2. The average Bonchev–Trinajstić information content (AvgIpc) is 2.47. The van der Waals surface area contributed by atoms with E-state index in [1.807, 2.05) is 48.5 Å². The molecule has 0 fully saturated rings. The summed E-state index contributed by atoms with van der Waals surface area (Å²) in [5.74, 6) is -0.105. The number of rotatable bonds is 2. The van der Waals surface area contributed by atoms with E-state index in [0.29, 0.717) is 5.56 Å². The van der Waals surface area contributed by atoms with Crippen LogP contribution in [0.2, 0.25) is 0 Å². The van der Waals surface area contributed by atoms with E-state index in [0.717, 1.165) is 20.2 Å². The summed E-state index contributed by atoms with van der Waals surface area (Å²) >= 11 is 2.19. The van der Waals surface area contributed by atoms with Crippen LogP contribution in [0.3, 0.4) is 0 Å². The van der Waals surface area contributed by atoms with Gasteiger partial charge in [-0.2, -0.15) is 0 Å². The number of carbonyl (C=O) groups is 1. The first kappa shape index (κ1) is 13.1. The second kappa shape index (κ2) is 5.58. The Balaban J connectivity index is 1.87. The molecule has 3 nitrogen and oxygen atoms in total. The number of anilines is 1. The van der Waals surface area contributed by atoms with E-state index < -0.39 is 0 Å². The molecule has 0 radical (unpaired) electrons. The van der Waals surface area contributed by atoms with Crippen LogP contribution in [-0.2, 0) is 0 Å². The minimum absolute atomic E-state index is 0.105. The Morgan fingerprint density at radius 3 is 2.80 bits per heavy atom. The first-order valence-electron chi connectivity index (χ1n) is 6.14. The third-order valence-electron chi connectivity index (χ3n) is 2.95. The summed E-state index contributed by atoms with van der Waals surface area (Å²) in [5, 5.41) is 3.91. The number of benzene rings is 2. The normalized spacial score (nSPS) is 10.4. The number of halogens is 1. The summed E-state index contributed by atoms with van der Waals surface area (Å²) in [6.45, 7) is 0. The standard InChI is InChI=1S/C16H11IN2O/c17-13-5-1-3-12(9-13)16(20)19-14-6-7-15-11(10-14)4-2-8-18-15/h1-10H,(H,19,20). The predicted molar refractivity (Wildman–Crippen MR) is 88.9 cm³/mol. The van der Waals surface area contributed by atoms with Crippen molar-refractivity contribution in [1.82, 2.24) is 4.98 Å². The fourth-order valence-electron chi connectivity index (χ4n) is 1.99. The topological polar surface area (TPSA) is 42.0 Å². The second-order valence-electron chi connectivity index (χ2n) is 4.38. The highest BCUT2D eigenvalue weighted by Crippen LogP contribution is 2.18. The number of hydrogen-bond acceptors (Lipinski definition) is 2. The molecule has 3 rings (SSSR count). The van der Waals surface area contributed by atoms with Crippen molar-refractivity contribution >= 4 is 45.1 Å². The lowest BCUT2D eigenvalue weighted by molar-refractivity contribution is 0.102. The molecule has 1 N–H and O–H groups in total. The van der Waals surface area contributed by atoms with E-state index in [1.165, 1.54) is 0 Å².